The van der Waals surface area contributed by atoms with E-state index in [2.05, 4.69) is 15.5 Å². The number of methoxy groups -OCH3 is 1. The van der Waals surface area contributed by atoms with Gasteiger partial charge in [0, 0.05) is 17.9 Å². The zero-order chi connectivity index (χ0) is 19.1. The van der Waals surface area contributed by atoms with Gasteiger partial charge in [0.1, 0.15) is 17.3 Å². The molecule has 0 radical (unpaired) electrons. The van der Waals surface area contributed by atoms with Crippen LogP contribution in [0, 0.1) is 6.92 Å². The molecule has 0 aliphatic rings. The van der Waals surface area contributed by atoms with E-state index in [1.807, 2.05) is 41.8 Å². The van der Waals surface area contributed by atoms with Gasteiger partial charge in [-0.3, -0.25) is 9.36 Å². The van der Waals surface area contributed by atoms with E-state index in [9.17, 15) is 4.79 Å². The highest BCUT2D eigenvalue weighted by molar-refractivity contribution is 7.99. The summed E-state index contributed by atoms with van der Waals surface area (Å²) in [6, 6.07) is 11.4. The molecule has 0 saturated carbocycles. The number of nitrogens with one attached hydrogen (secondary N) is 1. The summed E-state index contributed by atoms with van der Waals surface area (Å²) in [5.41, 5.74) is 0.983. The van der Waals surface area contributed by atoms with Gasteiger partial charge >= 0.3 is 0 Å². The number of hydrogen-bond donors (Lipinski definition) is 1. The van der Waals surface area contributed by atoms with Crippen molar-refractivity contribution in [3.05, 3.63) is 54.2 Å². The van der Waals surface area contributed by atoms with Crippen molar-refractivity contribution < 1.29 is 13.9 Å². The first-order chi connectivity index (χ1) is 13.2. The number of thioether (sulfide) groups is 1. The Hall–Kier alpha value is -2.74. The van der Waals surface area contributed by atoms with Crippen molar-refractivity contribution >= 4 is 17.7 Å². The lowest BCUT2D eigenvalue weighted by atomic mass is 10.3. The van der Waals surface area contributed by atoms with Gasteiger partial charge in [-0.25, -0.2) is 0 Å². The van der Waals surface area contributed by atoms with Gasteiger partial charge in [0.2, 0.25) is 5.91 Å². The number of carbonyl (C=O) groups excluding carboxylic acids is 1. The number of carbonyl (C=O) groups is 1. The second kappa shape index (κ2) is 9.27. The Bertz CT molecular complexity index is 860. The van der Waals surface area contributed by atoms with Crippen LogP contribution in [0.5, 0.6) is 5.75 Å². The van der Waals surface area contributed by atoms with Crippen molar-refractivity contribution in [3.8, 4) is 11.4 Å². The van der Waals surface area contributed by atoms with Crippen LogP contribution in [0.2, 0.25) is 0 Å². The molecule has 142 valence electrons. The van der Waals surface area contributed by atoms with E-state index in [0.717, 1.165) is 40.4 Å². The van der Waals surface area contributed by atoms with Crippen LogP contribution >= 0.6 is 11.8 Å². The highest BCUT2D eigenvalue weighted by atomic mass is 32.2. The lowest BCUT2D eigenvalue weighted by molar-refractivity contribution is -0.121. The molecular weight excluding hydrogens is 364 g/mol. The quantitative estimate of drug-likeness (QED) is 0.448. The van der Waals surface area contributed by atoms with Crippen LogP contribution in [0.4, 0.5) is 0 Å². The maximum atomic E-state index is 11.9. The Balaban J connectivity index is 1.49. The average molecular weight is 386 g/mol. The molecule has 0 unspecified atom stereocenters. The molecular formula is C19H22N4O3S. The van der Waals surface area contributed by atoms with E-state index in [1.165, 1.54) is 0 Å². The van der Waals surface area contributed by atoms with Crippen LogP contribution in [0.15, 0.2) is 52.2 Å². The van der Waals surface area contributed by atoms with Crippen molar-refractivity contribution in [1.29, 1.82) is 0 Å². The number of nitrogens with zero attached hydrogens (tertiary/aromatic N) is 3. The molecule has 2 aromatic heterocycles. The van der Waals surface area contributed by atoms with Gasteiger partial charge in [-0.05, 0) is 49.7 Å². The van der Waals surface area contributed by atoms with Crippen molar-refractivity contribution in [1.82, 2.24) is 20.1 Å². The third-order valence-electron chi connectivity index (χ3n) is 3.95. The maximum Gasteiger partial charge on any atom is 0.220 e. The Morgan fingerprint density at radius 2 is 2.07 bits per heavy atom. The number of amides is 1. The van der Waals surface area contributed by atoms with Crippen molar-refractivity contribution in [2.45, 2.75) is 31.5 Å². The van der Waals surface area contributed by atoms with Crippen LogP contribution in [0.3, 0.4) is 0 Å². The van der Waals surface area contributed by atoms with E-state index in [1.54, 1.807) is 31.2 Å². The van der Waals surface area contributed by atoms with Gasteiger partial charge < -0.3 is 14.5 Å². The monoisotopic (exact) mass is 386 g/mol. The number of ether oxygens (including phenoxy) is 1. The summed E-state index contributed by atoms with van der Waals surface area (Å²) < 4.78 is 12.4. The molecule has 3 rings (SSSR count). The number of rotatable bonds is 9. The highest BCUT2D eigenvalue weighted by Crippen LogP contribution is 2.24. The van der Waals surface area contributed by atoms with Crippen LogP contribution in [0.1, 0.15) is 24.4 Å². The van der Waals surface area contributed by atoms with Crippen molar-refractivity contribution in [3.63, 3.8) is 0 Å². The van der Waals surface area contributed by atoms with Gasteiger partial charge in [0.25, 0.3) is 0 Å². The predicted molar refractivity (Wildman–Crippen MR) is 103 cm³/mol. The minimum atomic E-state index is 0.0137. The lowest BCUT2D eigenvalue weighted by Gasteiger charge is -2.09. The first kappa shape index (κ1) is 19.0. The van der Waals surface area contributed by atoms with Crippen molar-refractivity contribution in [2.75, 3.05) is 12.9 Å². The van der Waals surface area contributed by atoms with Gasteiger partial charge in [-0.1, -0.05) is 11.8 Å². The fraction of sp³-hybridized carbons (Fsp3) is 0.316. The van der Waals surface area contributed by atoms with Gasteiger partial charge in [-0.2, -0.15) is 0 Å². The molecule has 0 saturated heterocycles. The molecule has 0 bridgehead atoms. The highest BCUT2D eigenvalue weighted by Gasteiger charge is 2.12. The number of hydrogen-bond acceptors (Lipinski definition) is 6. The topological polar surface area (TPSA) is 82.2 Å². The molecule has 8 heteroatoms. The fourth-order valence-electron chi connectivity index (χ4n) is 2.55. The van der Waals surface area contributed by atoms with E-state index >= 15 is 0 Å². The Labute approximate surface area is 162 Å². The van der Waals surface area contributed by atoms with Gasteiger partial charge in [0.05, 0.1) is 19.9 Å². The average Bonchev–Trinajstić information content (AvgIpc) is 3.33. The lowest BCUT2D eigenvalue weighted by Crippen LogP contribution is -2.22. The molecule has 2 heterocycles. The molecule has 7 nitrogen and oxygen atoms in total. The minimum absolute atomic E-state index is 0.0137. The molecule has 1 N–H and O–H groups in total. The van der Waals surface area contributed by atoms with Crippen LogP contribution in [-0.2, 0) is 11.3 Å². The summed E-state index contributed by atoms with van der Waals surface area (Å²) in [5.74, 6) is 3.17. The summed E-state index contributed by atoms with van der Waals surface area (Å²) in [6.45, 7) is 2.34. The normalized spacial score (nSPS) is 10.7. The van der Waals surface area contributed by atoms with E-state index < -0.39 is 0 Å². The Morgan fingerprint density at radius 3 is 2.78 bits per heavy atom. The van der Waals surface area contributed by atoms with Gasteiger partial charge in [0.15, 0.2) is 5.16 Å². The zero-order valence-electron chi connectivity index (χ0n) is 15.3. The molecule has 0 aliphatic heterocycles. The number of benzene rings is 1. The minimum Gasteiger partial charge on any atom is -0.497 e. The number of furan rings is 1. The number of aryl methyl sites for hydroxylation is 1. The summed E-state index contributed by atoms with van der Waals surface area (Å²) in [4.78, 5) is 11.9. The van der Waals surface area contributed by atoms with Crippen LogP contribution in [-0.4, -0.2) is 33.5 Å². The molecule has 27 heavy (non-hydrogen) atoms. The third-order valence-corrected chi connectivity index (χ3v) is 4.96. The standard InChI is InChI=1S/C19H22N4O3S/c1-14-21-22-19(23(14)15-7-9-16(25-2)10-8-15)27-12-4-6-18(24)20-13-17-5-3-11-26-17/h3,5,7-11H,4,6,12-13H2,1-2H3,(H,20,24). The largest absolute Gasteiger partial charge is 0.497 e. The number of aromatic nitrogens is 3. The summed E-state index contributed by atoms with van der Waals surface area (Å²) in [6.07, 6.45) is 2.81. The Morgan fingerprint density at radius 1 is 1.26 bits per heavy atom. The Kier molecular flexibility index (Phi) is 6.54. The third kappa shape index (κ3) is 5.13. The summed E-state index contributed by atoms with van der Waals surface area (Å²) in [7, 11) is 1.64. The van der Waals surface area contributed by atoms with Crippen LogP contribution < -0.4 is 10.1 Å². The summed E-state index contributed by atoms with van der Waals surface area (Å²) in [5, 5.41) is 12.1. The SMILES string of the molecule is COc1ccc(-n2c(C)nnc2SCCCC(=O)NCc2ccco2)cc1. The first-order valence-electron chi connectivity index (χ1n) is 8.65. The van der Waals surface area contributed by atoms with Crippen LogP contribution in [0.25, 0.3) is 5.69 Å². The molecule has 0 atom stereocenters. The molecule has 0 fully saturated rings. The molecule has 1 amide bonds. The second-order valence-electron chi connectivity index (χ2n) is 5.87. The molecule has 3 aromatic rings. The molecule has 1 aromatic carbocycles. The molecule has 0 aliphatic carbocycles. The van der Waals surface area contributed by atoms with E-state index in [0.29, 0.717) is 13.0 Å². The molecule has 0 spiro atoms. The van der Waals surface area contributed by atoms with Crippen molar-refractivity contribution in [2.24, 2.45) is 0 Å². The van der Waals surface area contributed by atoms with Gasteiger partial charge in [-0.15, -0.1) is 10.2 Å². The van der Waals surface area contributed by atoms with E-state index in [-0.39, 0.29) is 5.91 Å². The maximum absolute atomic E-state index is 11.9. The summed E-state index contributed by atoms with van der Waals surface area (Å²) >= 11 is 1.59. The predicted octanol–water partition coefficient (Wildman–Crippen LogP) is 3.37. The second-order valence-corrected chi connectivity index (χ2v) is 6.93. The first-order valence-corrected chi connectivity index (χ1v) is 9.64. The van der Waals surface area contributed by atoms with E-state index in [4.69, 9.17) is 9.15 Å². The fourth-order valence-corrected chi connectivity index (χ4v) is 3.48. The smallest absolute Gasteiger partial charge is 0.220 e. The zero-order valence-corrected chi connectivity index (χ0v) is 16.2.